The van der Waals surface area contributed by atoms with Gasteiger partial charge in [0.1, 0.15) is 0 Å². The highest BCUT2D eigenvalue weighted by Gasteiger charge is 2.83. The van der Waals surface area contributed by atoms with E-state index in [2.05, 4.69) is 9.72 Å². The Morgan fingerprint density at radius 1 is 1.13 bits per heavy atom. The molecule has 1 aliphatic rings. The summed E-state index contributed by atoms with van der Waals surface area (Å²) in [5.74, 6) is 0. The zero-order chi connectivity index (χ0) is 29.4. The smallest absolute Gasteiger partial charge is 0.423 e. The molecule has 0 radical (unpaired) electrons. The maximum atomic E-state index is 14.9. The summed E-state index contributed by atoms with van der Waals surface area (Å²) in [6, 6.07) is 5.10. The monoisotopic (exact) mass is 583 g/mol. The number of carbonyl (C=O) groups excluding carboxylic acids is 1. The Hall–Kier alpha value is -2.41. The van der Waals surface area contributed by atoms with E-state index in [-0.39, 0.29) is 17.8 Å². The molecular weight excluding hydrogens is 551 g/mol. The number of pyridine rings is 1. The highest BCUT2D eigenvalue weighted by Crippen LogP contribution is 2.61. The summed E-state index contributed by atoms with van der Waals surface area (Å²) >= 11 is 0.651. The van der Waals surface area contributed by atoms with Crippen molar-refractivity contribution < 1.29 is 40.3 Å². The van der Waals surface area contributed by atoms with E-state index in [0.29, 0.717) is 22.6 Å². The predicted octanol–water partition coefficient (Wildman–Crippen LogP) is 7.15. The van der Waals surface area contributed by atoms with Crippen LogP contribution in [0.15, 0.2) is 30.5 Å². The summed E-state index contributed by atoms with van der Waals surface area (Å²) in [6.45, 7) is 7.10. The lowest BCUT2D eigenvalue weighted by Crippen LogP contribution is -2.70. The highest BCUT2D eigenvalue weighted by molar-refractivity contribution is 7.10. The Morgan fingerprint density at radius 3 is 2.26 bits per heavy atom. The van der Waals surface area contributed by atoms with Crippen molar-refractivity contribution in [3.63, 3.8) is 0 Å². The maximum absolute atomic E-state index is 14.9. The second-order valence-electron chi connectivity index (χ2n) is 10.8. The van der Waals surface area contributed by atoms with Gasteiger partial charge in [-0.1, -0.05) is 6.07 Å². The van der Waals surface area contributed by atoms with Crippen LogP contribution in [0.5, 0.6) is 0 Å². The lowest BCUT2D eigenvalue weighted by atomic mass is 9.66. The molecule has 5 nitrogen and oxygen atoms in total. The standard InChI is InChI=1S/C26H32F7N3O2S/c1-16(2)35-21(37)38-24(25(28,29)30,26(31,32)33)23(11-10-19-8-9-20(27)39-19)12-13-36(15-23)22(4,5)18-7-6-17(3)34-14-18/h6-9,14,16H,10-13,15H2,1-5H3,(H,35,37)/t23-/m1/s1. The molecule has 218 valence electrons. The number of halogens is 7. The molecule has 2 aromatic rings. The Bertz CT molecular complexity index is 1130. The zero-order valence-electron chi connectivity index (χ0n) is 22.3. The molecule has 1 aliphatic heterocycles. The Balaban J connectivity index is 2.16. The van der Waals surface area contributed by atoms with E-state index in [1.54, 1.807) is 32.9 Å². The lowest BCUT2D eigenvalue weighted by Gasteiger charge is -2.49. The minimum atomic E-state index is -6.01. The lowest BCUT2D eigenvalue weighted by molar-refractivity contribution is -0.400. The molecule has 0 aromatic carbocycles. The van der Waals surface area contributed by atoms with Crippen molar-refractivity contribution >= 4 is 17.4 Å². The second kappa shape index (κ2) is 10.9. The van der Waals surface area contributed by atoms with Gasteiger partial charge < -0.3 is 10.1 Å². The Labute approximate surface area is 226 Å². The van der Waals surface area contributed by atoms with E-state index >= 15 is 0 Å². The number of alkyl halides is 6. The number of aryl methyl sites for hydroxylation is 2. The molecule has 1 saturated heterocycles. The van der Waals surface area contributed by atoms with Crippen molar-refractivity contribution in [3.8, 4) is 0 Å². The van der Waals surface area contributed by atoms with E-state index in [0.717, 1.165) is 6.07 Å². The summed E-state index contributed by atoms with van der Waals surface area (Å²) in [5.41, 5.74) is -7.15. The molecule has 1 atom stereocenters. The Kier molecular flexibility index (Phi) is 8.67. The summed E-state index contributed by atoms with van der Waals surface area (Å²) in [6.07, 6.45) is -13.8. The number of nitrogens with one attached hydrogen (secondary N) is 1. The Morgan fingerprint density at radius 2 is 1.77 bits per heavy atom. The average Bonchev–Trinajstić information content (AvgIpc) is 3.41. The molecule has 3 rings (SSSR count). The van der Waals surface area contributed by atoms with Crippen LogP contribution in [0, 0.1) is 17.5 Å². The number of rotatable bonds is 8. The number of ether oxygens (including phenoxy) is 1. The SMILES string of the molecule is Cc1ccc(C(C)(C)N2CC[C@@](CCc3ccc(F)s3)(C(OC(=O)NC(C)C)(C(F)(F)F)C(F)(F)F)C2)cn1. The van der Waals surface area contributed by atoms with Crippen LogP contribution in [0.3, 0.4) is 0 Å². The van der Waals surface area contributed by atoms with Crippen LogP contribution in [0.1, 0.15) is 56.7 Å². The summed E-state index contributed by atoms with van der Waals surface area (Å²) in [5, 5.41) is 1.40. The summed E-state index contributed by atoms with van der Waals surface area (Å²) < 4.78 is 107. The third-order valence-corrected chi connectivity index (χ3v) is 8.37. The second-order valence-corrected chi connectivity index (χ2v) is 11.9. The minimum Gasteiger partial charge on any atom is -0.423 e. The van der Waals surface area contributed by atoms with Gasteiger partial charge in [0.25, 0.3) is 0 Å². The summed E-state index contributed by atoms with van der Waals surface area (Å²) in [7, 11) is 0. The first-order chi connectivity index (χ1) is 17.8. The number of likely N-dealkylation sites (tertiary alicyclic amines) is 1. The first kappa shape index (κ1) is 31.1. The average molecular weight is 584 g/mol. The van der Waals surface area contributed by atoms with Crippen molar-refractivity contribution in [3.05, 3.63) is 51.7 Å². The molecule has 1 N–H and O–H groups in total. The molecule has 39 heavy (non-hydrogen) atoms. The van der Waals surface area contributed by atoms with Crippen LogP contribution >= 0.6 is 11.3 Å². The fourth-order valence-corrected chi connectivity index (χ4v) is 5.99. The van der Waals surface area contributed by atoms with E-state index in [1.165, 1.54) is 31.0 Å². The number of nitrogens with zero attached hydrogens (tertiary/aromatic N) is 2. The van der Waals surface area contributed by atoms with E-state index < -0.39 is 65.6 Å². The first-order valence-electron chi connectivity index (χ1n) is 12.4. The first-order valence-corrected chi connectivity index (χ1v) is 13.2. The molecule has 0 bridgehead atoms. The quantitative estimate of drug-likeness (QED) is 0.336. The van der Waals surface area contributed by atoms with Gasteiger partial charge in [0.15, 0.2) is 5.13 Å². The van der Waals surface area contributed by atoms with Gasteiger partial charge in [-0.05, 0) is 84.2 Å². The largest absolute Gasteiger partial charge is 0.438 e. The number of hydrogen-bond donors (Lipinski definition) is 1. The van der Waals surface area contributed by atoms with Crippen LogP contribution in [0.2, 0.25) is 0 Å². The molecule has 0 spiro atoms. The molecule has 0 saturated carbocycles. The van der Waals surface area contributed by atoms with Gasteiger partial charge in [-0.15, -0.1) is 11.3 Å². The van der Waals surface area contributed by atoms with Crippen LogP contribution < -0.4 is 5.32 Å². The van der Waals surface area contributed by atoms with Crippen LogP contribution in [0.4, 0.5) is 35.5 Å². The number of amides is 1. The molecule has 0 aliphatic carbocycles. The number of alkyl carbamates (subject to hydrolysis) is 1. The van der Waals surface area contributed by atoms with E-state index in [9.17, 15) is 35.5 Å². The zero-order valence-corrected chi connectivity index (χ0v) is 23.1. The molecule has 13 heteroatoms. The van der Waals surface area contributed by atoms with Crippen molar-refractivity contribution in [1.29, 1.82) is 0 Å². The van der Waals surface area contributed by atoms with Crippen molar-refractivity contribution in [2.24, 2.45) is 5.41 Å². The highest BCUT2D eigenvalue weighted by atomic mass is 32.1. The number of hydrogen-bond acceptors (Lipinski definition) is 5. The van der Waals surface area contributed by atoms with Gasteiger partial charge >= 0.3 is 24.0 Å². The minimum absolute atomic E-state index is 0.136. The third kappa shape index (κ3) is 6.03. The van der Waals surface area contributed by atoms with Gasteiger partial charge in [-0.3, -0.25) is 9.88 Å². The maximum Gasteiger partial charge on any atom is 0.438 e. The van der Waals surface area contributed by atoms with Gasteiger partial charge in [-0.2, -0.15) is 30.7 Å². The van der Waals surface area contributed by atoms with Crippen LogP contribution in [-0.4, -0.2) is 53.1 Å². The predicted molar refractivity (Wildman–Crippen MR) is 133 cm³/mol. The van der Waals surface area contributed by atoms with E-state index in [1.807, 2.05) is 5.32 Å². The van der Waals surface area contributed by atoms with Gasteiger partial charge in [0.2, 0.25) is 0 Å². The van der Waals surface area contributed by atoms with Crippen molar-refractivity contribution in [2.45, 2.75) is 83.4 Å². The van der Waals surface area contributed by atoms with Crippen molar-refractivity contribution in [1.82, 2.24) is 15.2 Å². The number of aromatic nitrogens is 1. The van der Waals surface area contributed by atoms with Gasteiger partial charge in [0.05, 0.1) is 0 Å². The molecule has 1 amide bonds. The van der Waals surface area contributed by atoms with Crippen LogP contribution in [0.25, 0.3) is 0 Å². The molecule has 1 fully saturated rings. The normalized spacial score (nSPS) is 19.5. The molecular formula is C26H32F7N3O2S. The fourth-order valence-electron chi connectivity index (χ4n) is 5.27. The fraction of sp³-hybridized carbons (Fsp3) is 0.615. The molecule has 2 aromatic heterocycles. The summed E-state index contributed by atoms with van der Waals surface area (Å²) in [4.78, 5) is 18.5. The molecule has 3 heterocycles. The topological polar surface area (TPSA) is 54.5 Å². The molecule has 0 unspecified atom stereocenters. The van der Waals surface area contributed by atoms with Gasteiger partial charge in [-0.25, -0.2) is 4.79 Å². The number of thiophene rings is 1. The third-order valence-electron chi connectivity index (χ3n) is 7.44. The number of carbonyl (C=O) groups is 1. The van der Waals surface area contributed by atoms with Crippen molar-refractivity contribution in [2.75, 3.05) is 13.1 Å². The van der Waals surface area contributed by atoms with Crippen LogP contribution in [-0.2, 0) is 16.7 Å². The van der Waals surface area contributed by atoms with Gasteiger partial charge in [0, 0.05) is 40.3 Å². The van der Waals surface area contributed by atoms with E-state index in [4.69, 9.17) is 0 Å².